The third kappa shape index (κ3) is 4.63. The third-order valence-corrected chi connectivity index (χ3v) is 2.98. The number of benzene rings is 2. The fourth-order valence-electron chi connectivity index (χ4n) is 1.83. The maximum Gasteiger partial charge on any atom is 0.278 e. The van der Waals surface area contributed by atoms with Crippen LogP contribution < -0.4 is 10.2 Å². The number of rotatable bonds is 6. The molecular weight excluding hydrogens is 298 g/mol. The Kier molecular flexibility index (Phi) is 5.40. The van der Waals surface area contributed by atoms with Crippen LogP contribution in [0.1, 0.15) is 11.1 Å². The van der Waals surface area contributed by atoms with Crippen LogP contribution in [0.3, 0.4) is 0 Å². The Morgan fingerprint density at radius 2 is 1.96 bits per heavy atom. The summed E-state index contributed by atoms with van der Waals surface area (Å²) in [5.41, 5.74) is 3.41. The zero-order valence-corrected chi connectivity index (χ0v) is 12.4. The number of nitro groups is 1. The van der Waals surface area contributed by atoms with E-state index in [1.807, 2.05) is 25.1 Å². The maximum absolute atomic E-state index is 11.7. The van der Waals surface area contributed by atoms with Crippen molar-refractivity contribution in [2.75, 3.05) is 6.61 Å². The van der Waals surface area contributed by atoms with Crippen molar-refractivity contribution in [1.82, 2.24) is 5.43 Å². The van der Waals surface area contributed by atoms with Crippen LogP contribution in [-0.2, 0) is 4.79 Å². The van der Waals surface area contributed by atoms with Gasteiger partial charge in [-0.15, -0.1) is 0 Å². The predicted octanol–water partition coefficient (Wildman–Crippen LogP) is 2.43. The summed E-state index contributed by atoms with van der Waals surface area (Å²) in [7, 11) is 0. The van der Waals surface area contributed by atoms with Gasteiger partial charge in [-0.3, -0.25) is 14.9 Å². The summed E-state index contributed by atoms with van der Waals surface area (Å²) in [5, 5.41) is 14.6. The van der Waals surface area contributed by atoms with E-state index in [1.54, 1.807) is 18.2 Å². The van der Waals surface area contributed by atoms with E-state index in [-0.39, 0.29) is 12.3 Å². The van der Waals surface area contributed by atoms with Gasteiger partial charge < -0.3 is 4.74 Å². The first-order valence-electron chi connectivity index (χ1n) is 6.81. The standard InChI is InChI=1S/C16H15N3O4/c1-12-6-2-5-9-15(12)23-11-16(20)18-17-10-13-7-3-4-8-14(13)19(21)22/h2-10H,11H2,1H3,(H,18,20)/b17-10+. The Bertz CT molecular complexity index is 744. The highest BCUT2D eigenvalue weighted by Gasteiger charge is 2.10. The van der Waals surface area contributed by atoms with Crippen molar-refractivity contribution < 1.29 is 14.5 Å². The topological polar surface area (TPSA) is 93.8 Å². The van der Waals surface area contributed by atoms with E-state index in [1.165, 1.54) is 18.3 Å². The summed E-state index contributed by atoms with van der Waals surface area (Å²) >= 11 is 0. The molecule has 0 spiro atoms. The fraction of sp³-hybridized carbons (Fsp3) is 0.125. The van der Waals surface area contributed by atoms with Crippen molar-refractivity contribution >= 4 is 17.8 Å². The van der Waals surface area contributed by atoms with Gasteiger partial charge in [-0.05, 0) is 24.6 Å². The van der Waals surface area contributed by atoms with Gasteiger partial charge >= 0.3 is 0 Å². The van der Waals surface area contributed by atoms with E-state index in [2.05, 4.69) is 10.5 Å². The molecular formula is C16H15N3O4. The lowest BCUT2D eigenvalue weighted by molar-refractivity contribution is -0.385. The van der Waals surface area contributed by atoms with Gasteiger partial charge in [0.25, 0.3) is 11.6 Å². The first kappa shape index (κ1) is 16.2. The average Bonchev–Trinajstić information content (AvgIpc) is 2.54. The number of para-hydroxylation sites is 2. The molecule has 2 rings (SSSR count). The molecule has 118 valence electrons. The number of hydrazone groups is 1. The number of ether oxygens (including phenoxy) is 1. The van der Waals surface area contributed by atoms with E-state index in [0.29, 0.717) is 11.3 Å². The van der Waals surface area contributed by atoms with E-state index in [4.69, 9.17) is 4.74 Å². The summed E-state index contributed by atoms with van der Waals surface area (Å²) in [5.74, 6) is 0.161. The molecule has 0 saturated heterocycles. The molecule has 2 aromatic carbocycles. The molecule has 0 aliphatic rings. The molecule has 23 heavy (non-hydrogen) atoms. The minimum atomic E-state index is -0.509. The molecule has 2 aromatic rings. The number of nitrogens with zero attached hydrogens (tertiary/aromatic N) is 2. The molecule has 7 heteroatoms. The molecule has 0 radical (unpaired) electrons. The lowest BCUT2D eigenvalue weighted by Gasteiger charge is -2.07. The number of hydrogen-bond donors (Lipinski definition) is 1. The summed E-state index contributed by atoms with van der Waals surface area (Å²) < 4.78 is 5.37. The SMILES string of the molecule is Cc1ccccc1OCC(=O)N/N=C/c1ccccc1[N+](=O)[O-]. The lowest BCUT2D eigenvalue weighted by Crippen LogP contribution is -2.24. The smallest absolute Gasteiger partial charge is 0.278 e. The molecule has 0 bridgehead atoms. The van der Waals surface area contributed by atoms with Crippen molar-refractivity contribution in [2.24, 2.45) is 5.10 Å². The number of nitrogens with one attached hydrogen (secondary N) is 1. The second kappa shape index (κ2) is 7.69. The fourth-order valence-corrected chi connectivity index (χ4v) is 1.83. The normalized spacial score (nSPS) is 10.5. The molecule has 0 atom stereocenters. The second-order valence-electron chi connectivity index (χ2n) is 4.66. The molecule has 7 nitrogen and oxygen atoms in total. The first-order valence-corrected chi connectivity index (χ1v) is 6.81. The summed E-state index contributed by atoms with van der Waals surface area (Å²) in [6.45, 7) is 1.68. The third-order valence-electron chi connectivity index (χ3n) is 2.98. The maximum atomic E-state index is 11.7. The molecule has 0 unspecified atom stereocenters. The molecule has 0 saturated carbocycles. The van der Waals surface area contributed by atoms with Crippen molar-refractivity contribution in [3.8, 4) is 5.75 Å². The average molecular weight is 313 g/mol. The quantitative estimate of drug-likeness (QED) is 0.503. The zero-order chi connectivity index (χ0) is 16.7. The summed E-state index contributed by atoms with van der Waals surface area (Å²) in [4.78, 5) is 22.0. The van der Waals surface area contributed by atoms with Gasteiger partial charge in [-0.1, -0.05) is 30.3 Å². The van der Waals surface area contributed by atoms with Crippen LogP contribution in [0.25, 0.3) is 0 Å². The Morgan fingerprint density at radius 3 is 2.70 bits per heavy atom. The Labute approximate surface area is 132 Å². The lowest BCUT2D eigenvalue weighted by atomic mass is 10.2. The predicted molar refractivity (Wildman–Crippen MR) is 85.5 cm³/mol. The molecule has 0 fully saturated rings. The molecule has 0 aromatic heterocycles. The van der Waals surface area contributed by atoms with Crippen LogP contribution in [0.5, 0.6) is 5.75 Å². The van der Waals surface area contributed by atoms with Crippen LogP contribution >= 0.6 is 0 Å². The molecule has 0 heterocycles. The number of hydrogen-bond acceptors (Lipinski definition) is 5. The Hall–Kier alpha value is -3.22. The van der Waals surface area contributed by atoms with Crippen LogP contribution in [-0.4, -0.2) is 23.7 Å². The number of aryl methyl sites for hydroxylation is 1. The Balaban J connectivity index is 1.90. The molecule has 1 amide bonds. The highest BCUT2D eigenvalue weighted by molar-refractivity contribution is 5.86. The minimum absolute atomic E-state index is 0.0818. The van der Waals surface area contributed by atoms with E-state index >= 15 is 0 Å². The van der Waals surface area contributed by atoms with Gasteiger partial charge in [0.2, 0.25) is 0 Å². The largest absolute Gasteiger partial charge is 0.483 e. The number of nitro benzene ring substituents is 1. The van der Waals surface area contributed by atoms with Crippen molar-refractivity contribution in [2.45, 2.75) is 6.92 Å². The molecule has 0 aliphatic heterocycles. The molecule has 1 N–H and O–H groups in total. The van der Waals surface area contributed by atoms with Gasteiger partial charge in [-0.2, -0.15) is 5.10 Å². The van der Waals surface area contributed by atoms with Crippen LogP contribution in [0.15, 0.2) is 53.6 Å². The van der Waals surface area contributed by atoms with Crippen molar-refractivity contribution in [3.05, 3.63) is 69.8 Å². The van der Waals surface area contributed by atoms with E-state index in [9.17, 15) is 14.9 Å². The highest BCUT2D eigenvalue weighted by atomic mass is 16.6. The molecule has 0 aliphatic carbocycles. The van der Waals surface area contributed by atoms with Crippen LogP contribution in [0, 0.1) is 17.0 Å². The van der Waals surface area contributed by atoms with E-state index < -0.39 is 10.8 Å². The van der Waals surface area contributed by atoms with Gasteiger partial charge in [-0.25, -0.2) is 5.43 Å². The zero-order valence-electron chi connectivity index (χ0n) is 12.4. The summed E-state index contributed by atoms with van der Waals surface area (Å²) in [6.07, 6.45) is 1.23. The van der Waals surface area contributed by atoms with Gasteiger partial charge in [0.15, 0.2) is 6.61 Å². The van der Waals surface area contributed by atoms with Crippen LogP contribution in [0.4, 0.5) is 5.69 Å². The number of carbonyl (C=O) groups is 1. The number of carbonyl (C=O) groups excluding carboxylic acids is 1. The van der Waals surface area contributed by atoms with Crippen molar-refractivity contribution in [1.29, 1.82) is 0 Å². The van der Waals surface area contributed by atoms with Crippen molar-refractivity contribution in [3.63, 3.8) is 0 Å². The monoisotopic (exact) mass is 313 g/mol. The second-order valence-corrected chi connectivity index (χ2v) is 4.66. The Morgan fingerprint density at radius 1 is 1.26 bits per heavy atom. The van der Waals surface area contributed by atoms with Crippen LogP contribution in [0.2, 0.25) is 0 Å². The minimum Gasteiger partial charge on any atom is -0.483 e. The highest BCUT2D eigenvalue weighted by Crippen LogP contribution is 2.16. The van der Waals surface area contributed by atoms with Gasteiger partial charge in [0, 0.05) is 6.07 Å². The van der Waals surface area contributed by atoms with Gasteiger partial charge in [0.1, 0.15) is 5.75 Å². The first-order chi connectivity index (χ1) is 11.1. The van der Waals surface area contributed by atoms with Gasteiger partial charge in [0.05, 0.1) is 16.7 Å². The number of amides is 1. The van der Waals surface area contributed by atoms with E-state index in [0.717, 1.165) is 5.56 Å². The summed E-state index contributed by atoms with van der Waals surface area (Å²) in [6, 6.07) is 13.4.